The fourth-order valence-electron chi connectivity index (χ4n) is 3.92. The van der Waals surface area contributed by atoms with Crippen LogP contribution in [0.3, 0.4) is 0 Å². The molecule has 0 spiro atoms. The van der Waals surface area contributed by atoms with Crippen LogP contribution < -0.4 is 14.4 Å². The molecule has 0 amide bonds. The molecule has 2 atom stereocenters. The summed E-state index contributed by atoms with van der Waals surface area (Å²) in [4.78, 5) is 1.45. The highest BCUT2D eigenvalue weighted by Crippen LogP contribution is 2.22. The van der Waals surface area contributed by atoms with E-state index in [9.17, 15) is 0 Å². The van der Waals surface area contributed by atoms with Gasteiger partial charge in [0.1, 0.15) is 17.5 Å². The first-order chi connectivity index (χ1) is 14.2. The van der Waals surface area contributed by atoms with Gasteiger partial charge in [0.2, 0.25) is 4.77 Å². The molecule has 0 aliphatic carbocycles. The first-order valence-electron chi connectivity index (χ1n) is 9.94. The molecule has 3 aromatic rings. The van der Waals surface area contributed by atoms with Crippen LogP contribution in [0.4, 0.5) is 0 Å². The zero-order chi connectivity index (χ0) is 20.2. The first kappa shape index (κ1) is 19.6. The van der Waals surface area contributed by atoms with Crippen molar-refractivity contribution < 1.29 is 14.4 Å². The third-order valence-electron chi connectivity index (χ3n) is 5.39. The molecule has 29 heavy (non-hydrogen) atoms. The van der Waals surface area contributed by atoms with Gasteiger partial charge >= 0.3 is 0 Å². The predicted molar refractivity (Wildman–Crippen MR) is 112 cm³/mol. The molecule has 1 aliphatic heterocycles. The van der Waals surface area contributed by atoms with E-state index in [2.05, 4.69) is 34.7 Å². The number of methoxy groups -OCH3 is 1. The van der Waals surface area contributed by atoms with E-state index in [4.69, 9.17) is 21.7 Å². The monoisotopic (exact) mass is 412 g/mol. The third-order valence-corrected chi connectivity index (χ3v) is 5.77. The maximum atomic E-state index is 5.64. The molecule has 1 unspecified atom stereocenters. The Balaban J connectivity index is 1.51. The number of tetrazole rings is 1. The summed E-state index contributed by atoms with van der Waals surface area (Å²) >= 11 is 5.64. The molecule has 152 valence electrons. The van der Waals surface area contributed by atoms with Crippen molar-refractivity contribution in [1.82, 2.24) is 19.8 Å². The fraction of sp³-hybridized carbons (Fsp3) is 0.381. The topological polar surface area (TPSA) is 58.5 Å². The summed E-state index contributed by atoms with van der Waals surface area (Å²) in [5, 5.41) is 8.59. The summed E-state index contributed by atoms with van der Waals surface area (Å²) in [6.45, 7) is 4.48. The van der Waals surface area contributed by atoms with Gasteiger partial charge in [0.15, 0.2) is 6.67 Å². The van der Waals surface area contributed by atoms with Gasteiger partial charge in [-0.2, -0.15) is 9.36 Å². The highest BCUT2D eigenvalue weighted by atomic mass is 32.1. The summed E-state index contributed by atoms with van der Waals surface area (Å²) in [7, 11) is 1.65. The number of hydrogen-bond donors (Lipinski definition) is 1. The SMILES string of the molecule is CCOc1ccc([C@@H]2CCC[NH+]2Cn2nnn(-c3ccc(OC)cc3)c2=S)cc1. The van der Waals surface area contributed by atoms with Gasteiger partial charge in [-0.1, -0.05) is 0 Å². The molecule has 1 N–H and O–H groups in total. The molecule has 0 bridgehead atoms. The van der Waals surface area contributed by atoms with Crippen LogP contribution >= 0.6 is 12.2 Å². The standard InChI is InChI=1S/C21H25N5O2S/c1-3-28-19-10-6-16(7-11-19)20-5-4-14-24(20)15-25-21(29)26(23-22-25)17-8-12-18(27-2)13-9-17/h6-13,20H,3-5,14-15H2,1-2H3/p+1/t20-/m0/s1. The van der Waals surface area contributed by atoms with Crippen LogP contribution in [0.25, 0.3) is 5.69 Å². The number of nitrogens with one attached hydrogen (secondary N) is 1. The Bertz CT molecular complexity index is 997. The number of nitrogens with zero attached hydrogens (tertiary/aromatic N) is 4. The lowest BCUT2D eigenvalue weighted by atomic mass is 10.0. The Labute approximate surface area is 175 Å². The molecule has 1 aromatic heterocycles. The van der Waals surface area contributed by atoms with Gasteiger partial charge in [-0.25, -0.2) is 0 Å². The molecule has 0 saturated carbocycles. The van der Waals surface area contributed by atoms with Gasteiger partial charge in [0.05, 0.1) is 25.9 Å². The van der Waals surface area contributed by atoms with Crippen LogP contribution in [0, 0.1) is 4.77 Å². The van der Waals surface area contributed by atoms with Crippen molar-refractivity contribution in [3.05, 3.63) is 58.9 Å². The molecule has 1 aliphatic rings. The van der Waals surface area contributed by atoms with Crippen molar-refractivity contribution in [2.75, 3.05) is 20.3 Å². The van der Waals surface area contributed by atoms with Crippen LogP contribution in [0.2, 0.25) is 0 Å². The zero-order valence-corrected chi connectivity index (χ0v) is 17.6. The van der Waals surface area contributed by atoms with E-state index in [0.717, 1.165) is 30.2 Å². The average molecular weight is 413 g/mol. The van der Waals surface area contributed by atoms with Gasteiger partial charge < -0.3 is 14.4 Å². The summed E-state index contributed by atoms with van der Waals surface area (Å²) in [5.74, 6) is 1.72. The van der Waals surface area contributed by atoms with E-state index >= 15 is 0 Å². The van der Waals surface area contributed by atoms with E-state index < -0.39 is 0 Å². The van der Waals surface area contributed by atoms with Crippen LogP contribution in [-0.2, 0) is 6.67 Å². The smallest absolute Gasteiger partial charge is 0.225 e. The fourth-order valence-corrected chi connectivity index (χ4v) is 4.16. The van der Waals surface area contributed by atoms with Crippen LogP contribution in [-0.4, -0.2) is 40.1 Å². The molecule has 1 fully saturated rings. The zero-order valence-electron chi connectivity index (χ0n) is 16.7. The van der Waals surface area contributed by atoms with Gasteiger partial charge in [0.25, 0.3) is 0 Å². The van der Waals surface area contributed by atoms with Crippen LogP contribution in [0.1, 0.15) is 31.4 Å². The summed E-state index contributed by atoms with van der Waals surface area (Å²) < 4.78 is 14.9. The van der Waals surface area contributed by atoms with Gasteiger partial charge in [-0.3, -0.25) is 0 Å². The van der Waals surface area contributed by atoms with E-state index in [0.29, 0.717) is 24.1 Å². The normalized spacial score (nSPS) is 18.7. The maximum Gasteiger partial charge on any atom is 0.225 e. The minimum absolute atomic E-state index is 0.429. The highest BCUT2D eigenvalue weighted by molar-refractivity contribution is 7.71. The predicted octanol–water partition coefficient (Wildman–Crippen LogP) is 2.58. The van der Waals surface area contributed by atoms with Gasteiger partial charge in [-0.05, 0) is 78.1 Å². The van der Waals surface area contributed by atoms with Crippen LogP contribution in [0.5, 0.6) is 11.5 Å². The quantitative estimate of drug-likeness (QED) is 0.605. The number of benzene rings is 2. The number of rotatable bonds is 7. The Morgan fingerprint density at radius 2 is 1.79 bits per heavy atom. The number of hydrogen-bond acceptors (Lipinski definition) is 5. The minimum atomic E-state index is 0.429. The molecule has 2 aromatic carbocycles. The summed E-state index contributed by atoms with van der Waals surface area (Å²) in [5.41, 5.74) is 2.21. The van der Waals surface area contributed by atoms with Crippen molar-refractivity contribution in [2.24, 2.45) is 0 Å². The molecular formula is C21H26N5O2S+. The molecule has 0 radical (unpaired) electrons. The van der Waals surface area contributed by atoms with Gasteiger partial charge in [-0.15, -0.1) is 0 Å². The molecule has 7 nitrogen and oxygen atoms in total. The lowest BCUT2D eigenvalue weighted by Gasteiger charge is -2.21. The second-order valence-electron chi connectivity index (χ2n) is 7.13. The molecule has 1 saturated heterocycles. The number of ether oxygens (including phenoxy) is 2. The lowest BCUT2D eigenvalue weighted by molar-refractivity contribution is -0.941. The molecule has 8 heteroatoms. The van der Waals surface area contributed by atoms with E-state index in [1.54, 1.807) is 11.8 Å². The van der Waals surface area contributed by atoms with Crippen molar-refractivity contribution >= 4 is 12.2 Å². The third kappa shape index (κ3) is 4.18. The summed E-state index contributed by atoms with van der Waals surface area (Å²) in [6, 6.07) is 16.5. The second kappa shape index (κ2) is 8.75. The Morgan fingerprint density at radius 3 is 2.48 bits per heavy atom. The van der Waals surface area contributed by atoms with Crippen molar-refractivity contribution in [2.45, 2.75) is 32.5 Å². The number of quaternary nitrogens is 1. The number of aromatic nitrogens is 4. The van der Waals surface area contributed by atoms with Gasteiger partial charge in [0, 0.05) is 18.4 Å². The second-order valence-corrected chi connectivity index (χ2v) is 7.50. The highest BCUT2D eigenvalue weighted by Gasteiger charge is 2.30. The van der Waals surface area contributed by atoms with Crippen molar-refractivity contribution in [3.63, 3.8) is 0 Å². The van der Waals surface area contributed by atoms with E-state index in [-0.39, 0.29) is 0 Å². The van der Waals surface area contributed by atoms with E-state index in [1.165, 1.54) is 16.9 Å². The molecule has 2 heterocycles. The average Bonchev–Trinajstić information content (AvgIpc) is 3.36. The van der Waals surface area contributed by atoms with Crippen molar-refractivity contribution in [3.8, 4) is 17.2 Å². The minimum Gasteiger partial charge on any atom is -0.497 e. The Morgan fingerprint density at radius 1 is 1.07 bits per heavy atom. The Kier molecular flexibility index (Phi) is 5.92. The molecule has 4 rings (SSSR count). The van der Waals surface area contributed by atoms with E-state index in [1.807, 2.05) is 35.9 Å². The number of likely N-dealkylation sites (tertiary alicyclic amines) is 1. The maximum absolute atomic E-state index is 5.64. The largest absolute Gasteiger partial charge is 0.497 e. The lowest BCUT2D eigenvalue weighted by Crippen LogP contribution is -3.09. The summed E-state index contributed by atoms with van der Waals surface area (Å²) in [6.07, 6.45) is 2.34. The Hall–Kier alpha value is -2.71. The van der Waals surface area contributed by atoms with Crippen LogP contribution in [0.15, 0.2) is 48.5 Å². The first-order valence-corrected chi connectivity index (χ1v) is 10.3. The molecular weight excluding hydrogens is 386 g/mol. The van der Waals surface area contributed by atoms with Crippen molar-refractivity contribution in [1.29, 1.82) is 0 Å².